The van der Waals surface area contributed by atoms with E-state index in [0.29, 0.717) is 0 Å². The van der Waals surface area contributed by atoms with Crippen molar-refractivity contribution < 1.29 is 14.0 Å². The molecule has 218 valence electrons. The van der Waals surface area contributed by atoms with Gasteiger partial charge in [0.05, 0.1) is 18.8 Å². The lowest BCUT2D eigenvalue weighted by Gasteiger charge is -2.38. The second-order valence-electron chi connectivity index (χ2n) is 13.7. The SMILES string of the molecule is CC(C)(C)[Si](C)(C)OCCN(CCO[Si](C)(C)C(C)(C)C)CCn1ccc(-c2c(CO)cc3ccccn23)n1. The zero-order chi connectivity index (χ0) is 29.1. The van der Waals surface area contributed by atoms with Gasteiger partial charge in [-0.25, -0.2) is 0 Å². The van der Waals surface area contributed by atoms with Crippen molar-refractivity contribution in [1.82, 2.24) is 19.1 Å². The fourth-order valence-corrected chi connectivity index (χ4v) is 6.14. The number of nitrogens with zero attached hydrogens (tertiary/aromatic N) is 4. The Morgan fingerprint density at radius 1 is 0.846 bits per heavy atom. The normalized spacial score (nSPS) is 13.6. The van der Waals surface area contributed by atoms with Crippen molar-refractivity contribution in [2.24, 2.45) is 0 Å². The highest BCUT2D eigenvalue weighted by Gasteiger charge is 2.38. The molecule has 0 unspecified atom stereocenters. The summed E-state index contributed by atoms with van der Waals surface area (Å²) in [4.78, 5) is 2.45. The van der Waals surface area contributed by atoms with Crippen LogP contribution in [0.2, 0.25) is 36.3 Å². The molecule has 0 atom stereocenters. The molecule has 0 aromatic carbocycles. The maximum absolute atomic E-state index is 9.97. The topological polar surface area (TPSA) is 64.2 Å². The largest absolute Gasteiger partial charge is 0.416 e. The molecule has 0 spiro atoms. The van der Waals surface area contributed by atoms with Crippen molar-refractivity contribution in [3.05, 3.63) is 48.3 Å². The van der Waals surface area contributed by atoms with Crippen molar-refractivity contribution in [2.75, 3.05) is 32.8 Å². The van der Waals surface area contributed by atoms with Crippen molar-refractivity contribution in [3.8, 4) is 11.4 Å². The van der Waals surface area contributed by atoms with Gasteiger partial charge in [-0.15, -0.1) is 0 Å². The van der Waals surface area contributed by atoms with E-state index < -0.39 is 16.6 Å². The van der Waals surface area contributed by atoms with Gasteiger partial charge in [-0.2, -0.15) is 5.10 Å². The Hall–Kier alpha value is -1.76. The Morgan fingerprint density at radius 3 is 1.97 bits per heavy atom. The van der Waals surface area contributed by atoms with Gasteiger partial charge in [-0.05, 0) is 60.5 Å². The standard InChI is InChI=1S/C30H52N4O3Si2/c1-29(2,3)38(7,8)36-21-19-32(20-22-37-39(9,10)30(4,5)6)17-18-33-16-14-27(31-33)28-25(24-35)23-26-13-11-12-15-34(26)28/h11-16,23,35H,17-22,24H2,1-10H3. The average Bonchev–Trinajstić information content (AvgIpc) is 3.44. The number of hydrogen-bond donors (Lipinski definition) is 1. The number of hydrogen-bond acceptors (Lipinski definition) is 5. The summed E-state index contributed by atoms with van der Waals surface area (Å²) in [6.07, 6.45) is 4.06. The Kier molecular flexibility index (Phi) is 10.1. The molecule has 9 heteroatoms. The van der Waals surface area contributed by atoms with E-state index in [1.54, 1.807) is 0 Å². The summed E-state index contributed by atoms with van der Waals surface area (Å²) in [6.45, 7) is 27.8. The fourth-order valence-electron chi connectivity index (χ4n) is 4.07. The van der Waals surface area contributed by atoms with Gasteiger partial charge < -0.3 is 18.4 Å². The summed E-state index contributed by atoms with van der Waals surface area (Å²) >= 11 is 0. The zero-order valence-electron chi connectivity index (χ0n) is 26.0. The summed E-state index contributed by atoms with van der Waals surface area (Å²) in [7, 11) is -3.59. The van der Waals surface area contributed by atoms with E-state index in [4.69, 9.17) is 14.0 Å². The Morgan fingerprint density at radius 2 is 1.44 bits per heavy atom. The molecule has 1 N–H and O–H groups in total. The molecular formula is C30H52N4O3Si2. The van der Waals surface area contributed by atoms with Gasteiger partial charge in [0.1, 0.15) is 5.69 Å². The lowest BCUT2D eigenvalue weighted by atomic mass is 10.2. The predicted molar refractivity (Wildman–Crippen MR) is 167 cm³/mol. The van der Waals surface area contributed by atoms with Crippen molar-refractivity contribution in [2.45, 2.75) is 91.0 Å². The third kappa shape index (κ3) is 7.92. The average molecular weight is 573 g/mol. The number of pyridine rings is 1. The number of aliphatic hydroxyl groups excluding tert-OH is 1. The van der Waals surface area contributed by atoms with Crippen LogP contribution in [0.15, 0.2) is 42.7 Å². The van der Waals surface area contributed by atoms with Gasteiger partial charge in [-0.3, -0.25) is 9.58 Å². The molecule has 3 aromatic rings. The summed E-state index contributed by atoms with van der Waals surface area (Å²) in [5.74, 6) is 0. The van der Waals surface area contributed by atoms with Crippen LogP contribution in [0.1, 0.15) is 47.1 Å². The van der Waals surface area contributed by atoms with Crippen molar-refractivity contribution in [3.63, 3.8) is 0 Å². The van der Waals surface area contributed by atoms with E-state index in [-0.39, 0.29) is 16.7 Å². The van der Waals surface area contributed by atoms with Crippen LogP contribution in [0.5, 0.6) is 0 Å². The molecule has 0 saturated heterocycles. The minimum atomic E-state index is -1.80. The first-order valence-electron chi connectivity index (χ1n) is 14.3. The minimum Gasteiger partial charge on any atom is -0.416 e. The summed E-state index contributed by atoms with van der Waals surface area (Å²) in [5.41, 5.74) is 3.77. The van der Waals surface area contributed by atoms with E-state index >= 15 is 0 Å². The van der Waals surface area contributed by atoms with Gasteiger partial charge in [0.25, 0.3) is 0 Å². The lowest BCUT2D eigenvalue weighted by molar-refractivity contribution is 0.160. The summed E-state index contributed by atoms with van der Waals surface area (Å²) in [5, 5.41) is 15.3. The first-order valence-corrected chi connectivity index (χ1v) is 20.1. The molecule has 39 heavy (non-hydrogen) atoms. The zero-order valence-corrected chi connectivity index (χ0v) is 28.0. The highest BCUT2D eigenvalue weighted by Crippen LogP contribution is 2.37. The van der Waals surface area contributed by atoms with Gasteiger partial charge >= 0.3 is 0 Å². The number of aromatic nitrogens is 3. The molecule has 7 nitrogen and oxygen atoms in total. The number of fused-ring (bicyclic) bond motifs is 1. The Labute approximate surface area is 238 Å². The van der Waals surface area contributed by atoms with E-state index in [9.17, 15) is 5.11 Å². The van der Waals surface area contributed by atoms with E-state index in [0.717, 1.165) is 61.9 Å². The molecule has 0 bridgehead atoms. The van der Waals surface area contributed by atoms with Gasteiger partial charge in [-0.1, -0.05) is 47.6 Å². The molecule has 0 aliphatic heterocycles. The van der Waals surface area contributed by atoms with Crippen LogP contribution < -0.4 is 0 Å². The van der Waals surface area contributed by atoms with Gasteiger partial charge in [0, 0.05) is 56.3 Å². The molecule has 0 saturated carbocycles. The Balaban J connectivity index is 1.68. The molecule has 0 aliphatic carbocycles. The smallest absolute Gasteiger partial charge is 0.192 e. The molecule has 3 aromatic heterocycles. The first kappa shape index (κ1) is 31.8. The van der Waals surface area contributed by atoms with Crippen molar-refractivity contribution >= 4 is 22.2 Å². The number of rotatable bonds is 13. The van der Waals surface area contributed by atoms with Crippen LogP contribution in [0, 0.1) is 0 Å². The molecule has 0 fully saturated rings. The highest BCUT2D eigenvalue weighted by molar-refractivity contribution is 6.74. The number of aliphatic hydroxyl groups is 1. The molecule has 3 rings (SSSR count). The monoisotopic (exact) mass is 572 g/mol. The van der Waals surface area contributed by atoms with Crippen LogP contribution in [0.25, 0.3) is 16.9 Å². The van der Waals surface area contributed by atoms with E-state index in [1.165, 1.54) is 0 Å². The predicted octanol–water partition coefficient (Wildman–Crippen LogP) is 6.64. The maximum atomic E-state index is 9.97. The second-order valence-corrected chi connectivity index (χ2v) is 23.3. The van der Waals surface area contributed by atoms with Crippen LogP contribution in [0.3, 0.4) is 0 Å². The van der Waals surface area contributed by atoms with E-state index in [2.05, 4.69) is 83.1 Å². The quantitative estimate of drug-likeness (QED) is 0.233. The first-order chi connectivity index (χ1) is 18.1. The van der Waals surface area contributed by atoms with Crippen LogP contribution in [-0.4, -0.2) is 73.7 Å². The third-order valence-corrected chi connectivity index (χ3v) is 17.9. The molecule has 0 aliphatic rings. The van der Waals surface area contributed by atoms with Crippen LogP contribution in [-0.2, 0) is 22.0 Å². The lowest BCUT2D eigenvalue weighted by Crippen LogP contribution is -2.45. The van der Waals surface area contributed by atoms with Crippen LogP contribution in [0.4, 0.5) is 0 Å². The van der Waals surface area contributed by atoms with Crippen LogP contribution >= 0.6 is 0 Å². The highest BCUT2D eigenvalue weighted by atomic mass is 28.4. The Bertz CT molecular complexity index is 1170. The molecule has 0 radical (unpaired) electrons. The summed E-state index contributed by atoms with van der Waals surface area (Å²) in [6, 6.07) is 10.1. The van der Waals surface area contributed by atoms with E-state index in [1.807, 2.05) is 41.3 Å². The maximum Gasteiger partial charge on any atom is 0.192 e. The minimum absolute atomic E-state index is 0.0138. The third-order valence-electron chi connectivity index (χ3n) is 8.81. The second kappa shape index (κ2) is 12.4. The molecule has 0 amide bonds. The van der Waals surface area contributed by atoms with Gasteiger partial charge in [0.15, 0.2) is 16.6 Å². The fraction of sp³-hybridized carbons (Fsp3) is 0.633. The van der Waals surface area contributed by atoms with Crippen molar-refractivity contribution in [1.29, 1.82) is 0 Å². The molecule has 3 heterocycles. The van der Waals surface area contributed by atoms with Gasteiger partial charge in [0.2, 0.25) is 0 Å². The summed E-state index contributed by atoms with van der Waals surface area (Å²) < 4.78 is 17.1. The molecular weight excluding hydrogens is 521 g/mol.